The molecule has 2 aliphatic heterocycles. The van der Waals surface area contributed by atoms with E-state index in [-0.39, 0.29) is 27.8 Å². The summed E-state index contributed by atoms with van der Waals surface area (Å²) >= 11 is 6.03. The zero-order valence-corrected chi connectivity index (χ0v) is 17.0. The molecule has 1 atom stereocenters. The molecule has 2 N–H and O–H groups in total. The molecule has 154 valence electrons. The Morgan fingerprint density at radius 3 is 3.00 bits per heavy atom. The number of nitrogens with zero attached hydrogens (tertiary/aromatic N) is 3. The Labute approximate surface area is 176 Å². The highest BCUT2D eigenvalue weighted by atomic mass is 35.5. The number of anilines is 1. The minimum atomic E-state index is -4.29. The van der Waals surface area contributed by atoms with Gasteiger partial charge in [-0.3, -0.25) is 9.78 Å². The molecule has 30 heavy (non-hydrogen) atoms. The lowest BCUT2D eigenvalue weighted by Crippen LogP contribution is -2.49. The van der Waals surface area contributed by atoms with E-state index in [0.717, 1.165) is 0 Å². The van der Waals surface area contributed by atoms with E-state index in [9.17, 15) is 18.0 Å². The van der Waals surface area contributed by atoms with Crippen LogP contribution in [0.3, 0.4) is 0 Å². The maximum absolute atomic E-state index is 13.0. The second kappa shape index (κ2) is 7.16. The van der Waals surface area contributed by atoms with Crippen LogP contribution in [0, 0.1) is 18.3 Å². The Kier molecular flexibility index (Phi) is 4.76. The average Bonchev–Trinajstić information content (AvgIpc) is 3.09. The fraction of sp³-hybridized carbons (Fsp3) is 0.222. The molecule has 1 aromatic carbocycles. The van der Waals surface area contributed by atoms with Gasteiger partial charge in [0, 0.05) is 17.3 Å². The lowest BCUT2D eigenvalue weighted by molar-refractivity contribution is -0.121. The Hall–Kier alpha value is -3.36. The van der Waals surface area contributed by atoms with Crippen molar-refractivity contribution in [2.45, 2.75) is 17.9 Å². The minimum Gasteiger partial charge on any atom is -0.489 e. The standard InChI is InChI=1S/C18H14ClN5O5S/c1-9-11(19)2-3-12-17(9)30(27,28)24(18(26)23-12)7-15(25)22-13-8-29-14-4-10(5-20)6-21-16(13)14/h2-4,6,13H,7-8H2,1H3,(H,22,25)(H,23,26)/t13-/m0/s1. The van der Waals surface area contributed by atoms with Crippen molar-refractivity contribution in [2.75, 3.05) is 18.5 Å². The number of hydrogen-bond donors (Lipinski definition) is 2. The number of pyridine rings is 1. The number of rotatable bonds is 3. The molecule has 0 saturated carbocycles. The van der Waals surface area contributed by atoms with Crippen molar-refractivity contribution < 1.29 is 22.7 Å². The Morgan fingerprint density at radius 1 is 1.50 bits per heavy atom. The number of carbonyl (C=O) groups excluding carboxylic acids is 2. The summed E-state index contributed by atoms with van der Waals surface area (Å²) in [5.41, 5.74) is 1.11. The van der Waals surface area contributed by atoms with Gasteiger partial charge < -0.3 is 15.4 Å². The third-order valence-corrected chi connectivity index (χ3v) is 7.05. The molecule has 0 radical (unpaired) electrons. The number of hydrogen-bond acceptors (Lipinski definition) is 7. The number of ether oxygens (including phenoxy) is 1. The predicted octanol–water partition coefficient (Wildman–Crippen LogP) is 1.70. The molecule has 2 aromatic rings. The normalized spacial score (nSPS) is 18.5. The molecule has 0 spiro atoms. The fourth-order valence-corrected chi connectivity index (χ4v) is 5.16. The molecule has 0 fully saturated rings. The second-order valence-corrected chi connectivity index (χ2v) is 8.85. The van der Waals surface area contributed by atoms with Gasteiger partial charge in [0.05, 0.1) is 11.3 Å². The van der Waals surface area contributed by atoms with Gasteiger partial charge in [0.25, 0.3) is 10.0 Å². The van der Waals surface area contributed by atoms with Crippen LogP contribution in [-0.4, -0.2) is 42.8 Å². The van der Waals surface area contributed by atoms with Gasteiger partial charge >= 0.3 is 6.03 Å². The van der Waals surface area contributed by atoms with Gasteiger partial charge in [0.15, 0.2) is 0 Å². The van der Waals surface area contributed by atoms with Crippen LogP contribution in [0.5, 0.6) is 5.75 Å². The molecule has 3 amide bonds. The average molecular weight is 448 g/mol. The molecule has 1 aromatic heterocycles. The Bertz CT molecular complexity index is 1240. The number of nitriles is 1. The highest BCUT2D eigenvalue weighted by Gasteiger charge is 2.40. The molecular formula is C18H14ClN5O5S. The SMILES string of the molecule is Cc1c(Cl)ccc2c1S(=O)(=O)N(CC(=O)N[C@H]1COc3cc(C#N)cnc31)C(=O)N2. The van der Waals surface area contributed by atoms with Crippen molar-refractivity contribution in [3.8, 4) is 11.8 Å². The monoisotopic (exact) mass is 447 g/mol. The molecule has 3 heterocycles. The molecule has 10 nitrogen and oxygen atoms in total. The van der Waals surface area contributed by atoms with Crippen molar-refractivity contribution in [2.24, 2.45) is 0 Å². The number of halogens is 1. The van der Waals surface area contributed by atoms with Crippen LogP contribution in [0.25, 0.3) is 0 Å². The third-order valence-electron chi connectivity index (χ3n) is 4.72. The van der Waals surface area contributed by atoms with E-state index in [1.807, 2.05) is 6.07 Å². The summed E-state index contributed by atoms with van der Waals surface area (Å²) in [4.78, 5) is 28.9. The van der Waals surface area contributed by atoms with Crippen LogP contribution in [0.1, 0.15) is 22.9 Å². The Morgan fingerprint density at radius 2 is 2.27 bits per heavy atom. The van der Waals surface area contributed by atoms with Crippen molar-refractivity contribution in [1.29, 1.82) is 5.26 Å². The zero-order valence-electron chi connectivity index (χ0n) is 15.5. The van der Waals surface area contributed by atoms with Crippen LogP contribution >= 0.6 is 11.6 Å². The number of urea groups is 1. The fourth-order valence-electron chi connectivity index (χ4n) is 3.28. The van der Waals surface area contributed by atoms with Crippen molar-refractivity contribution in [1.82, 2.24) is 14.6 Å². The summed E-state index contributed by atoms with van der Waals surface area (Å²) in [6.45, 7) is 0.851. The predicted molar refractivity (Wildman–Crippen MR) is 104 cm³/mol. The number of benzene rings is 1. The van der Waals surface area contributed by atoms with Gasteiger partial charge in [0.2, 0.25) is 5.91 Å². The highest BCUT2D eigenvalue weighted by Crippen LogP contribution is 2.36. The van der Waals surface area contributed by atoms with E-state index >= 15 is 0 Å². The third kappa shape index (κ3) is 3.20. The minimum absolute atomic E-state index is 0.0689. The second-order valence-electron chi connectivity index (χ2n) is 6.64. The smallest absolute Gasteiger partial charge is 0.336 e. The van der Waals surface area contributed by atoms with Gasteiger partial charge in [-0.1, -0.05) is 11.6 Å². The topological polar surface area (TPSA) is 141 Å². The first-order chi connectivity index (χ1) is 14.2. The molecule has 0 saturated heterocycles. The number of carbonyl (C=O) groups is 2. The van der Waals surface area contributed by atoms with E-state index in [1.54, 1.807) is 0 Å². The lowest BCUT2D eigenvalue weighted by atomic mass is 10.2. The van der Waals surface area contributed by atoms with E-state index < -0.39 is 34.5 Å². The van der Waals surface area contributed by atoms with Gasteiger partial charge in [-0.2, -0.15) is 5.26 Å². The lowest BCUT2D eigenvalue weighted by Gasteiger charge is -2.29. The molecule has 12 heteroatoms. The number of sulfonamides is 1. The highest BCUT2D eigenvalue weighted by molar-refractivity contribution is 7.90. The largest absolute Gasteiger partial charge is 0.489 e. The Balaban J connectivity index is 1.55. The first-order valence-corrected chi connectivity index (χ1v) is 10.5. The van der Waals surface area contributed by atoms with Gasteiger partial charge in [-0.15, -0.1) is 0 Å². The van der Waals surface area contributed by atoms with E-state index in [1.165, 1.54) is 31.3 Å². The molecule has 4 rings (SSSR count). The number of nitrogens with one attached hydrogen (secondary N) is 2. The number of aromatic nitrogens is 1. The van der Waals surface area contributed by atoms with Gasteiger partial charge in [0.1, 0.15) is 41.6 Å². The quantitative estimate of drug-likeness (QED) is 0.729. The summed E-state index contributed by atoms with van der Waals surface area (Å²) in [7, 11) is -4.29. The van der Waals surface area contributed by atoms with Crippen LogP contribution in [0.2, 0.25) is 5.02 Å². The molecule has 0 aliphatic carbocycles. The van der Waals surface area contributed by atoms with Crippen molar-refractivity contribution >= 4 is 39.2 Å². The summed E-state index contributed by atoms with van der Waals surface area (Å²) in [6, 6.07) is 4.73. The van der Waals surface area contributed by atoms with Crippen molar-refractivity contribution in [3.05, 3.63) is 46.2 Å². The number of amides is 3. The van der Waals surface area contributed by atoms with Gasteiger partial charge in [-0.05, 0) is 24.6 Å². The summed E-state index contributed by atoms with van der Waals surface area (Å²) in [5, 5.41) is 14.2. The first-order valence-electron chi connectivity index (χ1n) is 8.67. The number of fused-ring (bicyclic) bond motifs is 2. The summed E-state index contributed by atoms with van der Waals surface area (Å²) in [6.07, 6.45) is 1.35. The molecule has 2 aliphatic rings. The van der Waals surface area contributed by atoms with Gasteiger partial charge in [-0.25, -0.2) is 17.5 Å². The zero-order chi connectivity index (χ0) is 21.6. The van der Waals surface area contributed by atoms with Crippen LogP contribution in [-0.2, 0) is 14.8 Å². The first kappa shape index (κ1) is 19.9. The van der Waals surface area contributed by atoms with E-state index in [2.05, 4.69) is 15.6 Å². The summed E-state index contributed by atoms with van der Waals surface area (Å²) in [5.74, 6) is -0.355. The maximum Gasteiger partial charge on any atom is 0.336 e. The van der Waals surface area contributed by atoms with Crippen molar-refractivity contribution in [3.63, 3.8) is 0 Å². The summed E-state index contributed by atoms with van der Waals surface area (Å²) < 4.78 is 31.9. The van der Waals surface area contributed by atoms with Crippen LogP contribution in [0.4, 0.5) is 10.5 Å². The molecular weight excluding hydrogens is 434 g/mol. The van der Waals surface area contributed by atoms with E-state index in [0.29, 0.717) is 21.3 Å². The molecule has 0 bridgehead atoms. The molecule has 0 unspecified atom stereocenters. The maximum atomic E-state index is 13.0. The van der Waals surface area contributed by atoms with Crippen LogP contribution < -0.4 is 15.4 Å². The van der Waals surface area contributed by atoms with E-state index in [4.69, 9.17) is 21.6 Å². The van der Waals surface area contributed by atoms with Crippen LogP contribution in [0.15, 0.2) is 29.3 Å².